The molecule has 0 saturated carbocycles. The Labute approximate surface area is 600 Å². The van der Waals surface area contributed by atoms with Crippen LogP contribution >= 0.6 is 15.6 Å². The molecule has 0 radical (unpaired) electrons. The molecule has 17 nitrogen and oxygen atoms in total. The van der Waals surface area contributed by atoms with Crippen molar-refractivity contribution in [2.75, 3.05) is 39.6 Å². The maximum Gasteiger partial charge on any atom is 0.472 e. The number of unbranched alkanes of at least 4 members (excludes halogenated alkanes) is 41. The maximum absolute atomic E-state index is 13.1. The van der Waals surface area contributed by atoms with E-state index in [4.69, 9.17) is 37.0 Å². The van der Waals surface area contributed by atoms with E-state index in [1.54, 1.807) is 0 Å². The van der Waals surface area contributed by atoms with E-state index in [0.717, 1.165) is 108 Å². The van der Waals surface area contributed by atoms with Gasteiger partial charge in [0.1, 0.15) is 19.3 Å². The van der Waals surface area contributed by atoms with Crippen LogP contribution in [0.1, 0.15) is 402 Å². The van der Waals surface area contributed by atoms with Gasteiger partial charge in [0, 0.05) is 25.7 Å². The number of hydrogen-bond acceptors (Lipinski definition) is 15. The van der Waals surface area contributed by atoms with Crippen molar-refractivity contribution in [3.63, 3.8) is 0 Å². The quantitative estimate of drug-likeness (QED) is 0.0222. The zero-order valence-electron chi connectivity index (χ0n) is 64.4. The van der Waals surface area contributed by atoms with Gasteiger partial charge < -0.3 is 33.8 Å². The predicted octanol–water partition coefficient (Wildman–Crippen LogP) is 23.2. The molecule has 0 fully saturated rings. The average Bonchev–Trinajstić information content (AvgIpc) is 2.00. The molecular formula is C79H154O17P2. The second kappa shape index (κ2) is 68.2. The highest BCUT2D eigenvalue weighted by molar-refractivity contribution is 7.47. The molecule has 0 aliphatic heterocycles. The minimum Gasteiger partial charge on any atom is -0.462 e. The zero-order valence-corrected chi connectivity index (χ0v) is 66.2. The van der Waals surface area contributed by atoms with Gasteiger partial charge in [-0.25, -0.2) is 9.13 Å². The van der Waals surface area contributed by atoms with E-state index < -0.39 is 97.5 Å². The van der Waals surface area contributed by atoms with Gasteiger partial charge in [-0.15, -0.1) is 0 Å². The summed E-state index contributed by atoms with van der Waals surface area (Å²) in [5, 5.41) is 10.6. The van der Waals surface area contributed by atoms with E-state index in [2.05, 4.69) is 55.4 Å². The number of phosphoric ester groups is 2. The lowest BCUT2D eigenvalue weighted by Crippen LogP contribution is -2.30. The first kappa shape index (κ1) is 96.1. The van der Waals surface area contributed by atoms with Crippen molar-refractivity contribution < 1.29 is 80.2 Å². The molecule has 4 unspecified atom stereocenters. The Bertz CT molecular complexity index is 1920. The number of hydrogen-bond donors (Lipinski definition) is 3. The van der Waals surface area contributed by atoms with Crippen LogP contribution in [0.5, 0.6) is 0 Å². The van der Waals surface area contributed by atoms with E-state index in [9.17, 15) is 43.2 Å². The van der Waals surface area contributed by atoms with Crippen molar-refractivity contribution in [3.05, 3.63) is 0 Å². The minimum atomic E-state index is -4.96. The van der Waals surface area contributed by atoms with Crippen molar-refractivity contribution in [1.29, 1.82) is 0 Å². The number of carbonyl (C=O) groups excluding carboxylic acids is 4. The van der Waals surface area contributed by atoms with Crippen LogP contribution in [0.4, 0.5) is 0 Å². The molecule has 6 atom stereocenters. The topological polar surface area (TPSA) is 237 Å². The molecule has 0 amide bonds. The van der Waals surface area contributed by atoms with Crippen molar-refractivity contribution in [2.24, 2.45) is 23.7 Å². The van der Waals surface area contributed by atoms with Crippen molar-refractivity contribution >= 4 is 39.5 Å². The average molecular weight is 1440 g/mol. The second-order valence-electron chi connectivity index (χ2n) is 30.1. The molecule has 0 aromatic rings. The van der Waals surface area contributed by atoms with E-state index >= 15 is 0 Å². The lowest BCUT2D eigenvalue weighted by atomic mass is 9.99. The molecule has 0 aliphatic rings. The number of rotatable bonds is 76. The summed E-state index contributed by atoms with van der Waals surface area (Å²) in [7, 11) is -9.91. The normalized spacial score (nSPS) is 14.3. The molecule has 0 aromatic carbocycles. The molecule has 0 spiro atoms. The van der Waals surface area contributed by atoms with E-state index in [0.29, 0.717) is 37.5 Å². The van der Waals surface area contributed by atoms with Crippen LogP contribution in [0, 0.1) is 23.7 Å². The first-order chi connectivity index (χ1) is 47.1. The van der Waals surface area contributed by atoms with Crippen LogP contribution in [0.15, 0.2) is 0 Å². The van der Waals surface area contributed by atoms with Crippen molar-refractivity contribution in [3.8, 4) is 0 Å². The summed E-state index contributed by atoms with van der Waals surface area (Å²) in [6, 6.07) is 0. The summed E-state index contributed by atoms with van der Waals surface area (Å²) in [5.74, 6) is 0.921. The van der Waals surface area contributed by atoms with Gasteiger partial charge in [0.2, 0.25) is 0 Å². The summed E-state index contributed by atoms with van der Waals surface area (Å²) in [6.07, 6.45) is 54.5. The summed E-state index contributed by atoms with van der Waals surface area (Å²) in [6.45, 7) is 14.2. The monoisotopic (exact) mass is 1440 g/mol. The third kappa shape index (κ3) is 71.1. The smallest absolute Gasteiger partial charge is 0.462 e. The first-order valence-electron chi connectivity index (χ1n) is 40.7. The number of ether oxygens (including phenoxy) is 4. The number of carbonyl (C=O) groups is 4. The molecule has 0 aliphatic carbocycles. The van der Waals surface area contributed by atoms with Gasteiger partial charge in [0.05, 0.1) is 26.4 Å². The van der Waals surface area contributed by atoms with Gasteiger partial charge in [-0.05, 0) is 49.4 Å². The Hall–Kier alpha value is -1.94. The van der Waals surface area contributed by atoms with Gasteiger partial charge in [0.15, 0.2) is 12.2 Å². The number of phosphoric acid groups is 2. The molecule has 3 N–H and O–H groups in total. The standard InChI is InChI=1S/C79H154O17P2/c1-9-72(8)58-50-42-33-27-23-19-16-17-20-24-28-34-43-51-59-76(81)89-66-75(96-79(84)62-54-46-38-37-41-49-57-71(6)7)68-94-98(87,88)92-64-73(80)63-91-97(85,86)93-67-74(65-90-77(82)60-52-44-36-30-32-40-48-56-70(4)5)95-78(83)61-53-45-35-29-25-21-15-13-11-10-12-14-18-22-26-31-39-47-55-69(2)3/h69-75,80H,9-68H2,1-8H3,(H,85,86)(H,87,88)/t72?,73?,74-,75-/m1/s1. The van der Waals surface area contributed by atoms with Gasteiger partial charge in [-0.2, -0.15) is 0 Å². The van der Waals surface area contributed by atoms with Gasteiger partial charge in [-0.1, -0.05) is 351 Å². The van der Waals surface area contributed by atoms with Crippen LogP contribution in [0.2, 0.25) is 0 Å². The van der Waals surface area contributed by atoms with Crippen molar-refractivity contribution in [2.45, 2.75) is 420 Å². The highest BCUT2D eigenvalue weighted by atomic mass is 31.2. The molecule has 0 rings (SSSR count). The fourth-order valence-electron chi connectivity index (χ4n) is 12.0. The molecule has 582 valence electrons. The zero-order chi connectivity index (χ0) is 72.4. The Kier molecular flexibility index (Phi) is 66.8. The molecule has 98 heavy (non-hydrogen) atoms. The van der Waals surface area contributed by atoms with E-state index in [1.165, 1.54) is 199 Å². The summed E-state index contributed by atoms with van der Waals surface area (Å²) >= 11 is 0. The Morgan fingerprint density at radius 1 is 0.286 bits per heavy atom. The lowest BCUT2D eigenvalue weighted by Gasteiger charge is -2.21. The number of aliphatic hydroxyl groups excluding tert-OH is 1. The van der Waals surface area contributed by atoms with Crippen LogP contribution in [0.3, 0.4) is 0 Å². The third-order valence-electron chi connectivity index (χ3n) is 18.7. The lowest BCUT2D eigenvalue weighted by molar-refractivity contribution is -0.161. The fourth-order valence-corrected chi connectivity index (χ4v) is 13.6. The van der Waals surface area contributed by atoms with Crippen molar-refractivity contribution in [1.82, 2.24) is 0 Å². The third-order valence-corrected chi connectivity index (χ3v) is 20.6. The SMILES string of the molecule is CCC(C)CCCCCCCCCCCCCCCCC(=O)OC[C@H](COP(=O)(O)OCC(O)COP(=O)(O)OC[C@@H](COC(=O)CCCCCCCCCC(C)C)OC(=O)CCCCCCCCCCCCCCCCCCCCC(C)C)OC(=O)CCCCCCCCC(C)C. The summed E-state index contributed by atoms with van der Waals surface area (Å²) in [5.41, 5.74) is 0. The number of esters is 4. The Balaban J connectivity index is 5.13. The molecule has 0 bridgehead atoms. The van der Waals surface area contributed by atoms with Gasteiger partial charge in [-0.3, -0.25) is 37.3 Å². The highest BCUT2D eigenvalue weighted by Crippen LogP contribution is 2.45. The molecule has 0 aromatic heterocycles. The van der Waals surface area contributed by atoms with Crippen LogP contribution < -0.4 is 0 Å². The largest absolute Gasteiger partial charge is 0.472 e. The molecule has 0 heterocycles. The highest BCUT2D eigenvalue weighted by Gasteiger charge is 2.30. The molecule has 19 heteroatoms. The van der Waals surface area contributed by atoms with Gasteiger partial charge in [0.25, 0.3) is 0 Å². The predicted molar refractivity (Wildman–Crippen MR) is 400 cm³/mol. The van der Waals surface area contributed by atoms with Gasteiger partial charge >= 0.3 is 39.5 Å². The minimum absolute atomic E-state index is 0.102. The fraction of sp³-hybridized carbons (Fsp3) is 0.949. The number of aliphatic hydroxyl groups is 1. The summed E-state index contributed by atoms with van der Waals surface area (Å²) in [4.78, 5) is 72.8. The Morgan fingerprint density at radius 3 is 0.724 bits per heavy atom. The first-order valence-corrected chi connectivity index (χ1v) is 43.7. The second-order valence-corrected chi connectivity index (χ2v) is 33.0. The van der Waals surface area contributed by atoms with Crippen LogP contribution in [-0.4, -0.2) is 96.7 Å². The van der Waals surface area contributed by atoms with E-state index in [-0.39, 0.29) is 25.7 Å². The van der Waals surface area contributed by atoms with E-state index in [1.807, 2.05) is 0 Å². The molecular weight excluding hydrogens is 1280 g/mol. The molecule has 0 saturated heterocycles. The maximum atomic E-state index is 13.1. The van der Waals surface area contributed by atoms with Crippen LogP contribution in [0.25, 0.3) is 0 Å². The summed E-state index contributed by atoms with van der Waals surface area (Å²) < 4.78 is 68.5. The van der Waals surface area contributed by atoms with Crippen LogP contribution in [-0.2, 0) is 65.4 Å². The Morgan fingerprint density at radius 2 is 0.490 bits per heavy atom.